The topological polar surface area (TPSA) is 103 Å². The maximum Gasteiger partial charge on any atom is 0.471 e. The minimum Gasteiger partial charge on any atom is -0.399 e. The minimum absolute atomic E-state index is 0.0429. The number of nitrogens with one attached hydrogen (secondary N) is 1. The lowest BCUT2D eigenvalue weighted by molar-refractivity contribution is -0.167. The molecule has 0 aliphatic carbocycles. The molecule has 3 N–H and O–H groups in total. The Bertz CT molecular complexity index is 893. The molecule has 0 unspecified atom stereocenters. The normalized spacial score (nSPS) is 9.96. The number of rotatable bonds is 1. The van der Waals surface area contributed by atoms with Gasteiger partial charge in [-0.3, -0.25) is 4.79 Å². The van der Waals surface area contributed by atoms with Gasteiger partial charge in [0, 0.05) is 11.4 Å². The van der Waals surface area contributed by atoms with Gasteiger partial charge in [-0.25, -0.2) is 0 Å². The summed E-state index contributed by atoms with van der Waals surface area (Å²) in [6, 6.07) is 13.1. The lowest BCUT2D eigenvalue weighted by atomic mass is 10.1. The van der Waals surface area contributed by atoms with E-state index in [4.69, 9.17) is 16.3 Å². The number of hydrogen-bond donors (Lipinski definition) is 2. The smallest absolute Gasteiger partial charge is 0.399 e. The minimum atomic E-state index is -4.92. The lowest BCUT2D eigenvalue weighted by Gasteiger charge is -2.10. The molecule has 0 aliphatic heterocycles. The number of anilines is 2. The summed E-state index contributed by atoms with van der Waals surface area (Å²) < 4.78 is 35.8. The van der Waals surface area contributed by atoms with Crippen LogP contribution in [0.15, 0.2) is 36.4 Å². The molecular formula is C18H15F3N4O. The Morgan fingerprint density at radius 3 is 1.92 bits per heavy atom. The fourth-order valence-electron chi connectivity index (χ4n) is 1.81. The fourth-order valence-corrected chi connectivity index (χ4v) is 1.81. The summed E-state index contributed by atoms with van der Waals surface area (Å²) in [5, 5.41) is 18.7. The zero-order valence-electron chi connectivity index (χ0n) is 14.0. The van der Waals surface area contributed by atoms with Crippen molar-refractivity contribution in [2.45, 2.75) is 20.0 Å². The highest BCUT2D eigenvalue weighted by Gasteiger charge is 2.38. The van der Waals surface area contributed by atoms with E-state index < -0.39 is 12.1 Å². The lowest BCUT2D eigenvalue weighted by Crippen LogP contribution is -2.30. The van der Waals surface area contributed by atoms with E-state index in [-0.39, 0.29) is 5.69 Å². The first kappa shape index (κ1) is 20.5. The predicted octanol–water partition coefficient (Wildman–Crippen LogP) is 3.82. The Morgan fingerprint density at radius 1 is 1.00 bits per heavy atom. The summed E-state index contributed by atoms with van der Waals surface area (Å²) in [6.07, 6.45) is -4.92. The van der Waals surface area contributed by atoms with Crippen molar-refractivity contribution in [1.29, 1.82) is 10.5 Å². The fraction of sp³-hybridized carbons (Fsp3) is 0.167. The quantitative estimate of drug-likeness (QED) is 0.755. The standard InChI is InChI=1S/C10H7F3N2O.C8H8N2/c1-6-4-7(5-14)2-3-8(6)15-9(16)10(11,12)13;1-6-4-7(5-9)2-3-8(6)10/h2-4H,1H3,(H,15,16);2-4H,10H2,1H3. The van der Waals surface area contributed by atoms with E-state index in [1.54, 1.807) is 23.5 Å². The van der Waals surface area contributed by atoms with Crippen molar-refractivity contribution in [2.24, 2.45) is 0 Å². The summed E-state index contributed by atoms with van der Waals surface area (Å²) in [5.74, 6) is -2.03. The largest absolute Gasteiger partial charge is 0.471 e. The van der Waals surface area contributed by atoms with Gasteiger partial charge in [-0.2, -0.15) is 23.7 Å². The van der Waals surface area contributed by atoms with E-state index in [0.29, 0.717) is 16.7 Å². The molecule has 0 aromatic heterocycles. The molecule has 2 rings (SSSR count). The maximum absolute atomic E-state index is 11.9. The molecule has 0 aliphatic rings. The van der Waals surface area contributed by atoms with Crippen LogP contribution in [0, 0.1) is 36.5 Å². The van der Waals surface area contributed by atoms with Gasteiger partial charge in [0.15, 0.2) is 0 Å². The number of nitriles is 2. The second-order valence-corrected chi connectivity index (χ2v) is 5.28. The number of nitrogens with zero attached hydrogens (tertiary/aromatic N) is 2. The molecule has 0 saturated carbocycles. The number of carbonyl (C=O) groups is 1. The van der Waals surface area contributed by atoms with Crippen molar-refractivity contribution in [1.82, 2.24) is 0 Å². The van der Waals surface area contributed by atoms with Gasteiger partial charge in [0.1, 0.15) is 0 Å². The molecule has 8 heteroatoms. The molecule has 2 aromatic rings. The highest BCUT2D eigenvalue weighted by atomic mass is 19.4. The summed E-state index contributed by atoms with van der Waals surface area (Å²) in [6.45, 7) is 3.39. The van der Waals surface area contributed by atoms with Gasteiger partial charge in [-0.05, 0) is 61.4 Å². The first-order chi connectivity index (χ1) is 12.1. The third kappa shape index (κ3) is 5.84. The van der Waals surface area contributed by atoms with Crippen LogP contribution < -0.4 is 11.1 Å². The van der Waals surface area contributed by atoms with E-state index in [9.17, 15) is 18.0 Å². The second-order valence-electron chi connectivity index (χ2n) is 5.28. The number of benzene rings is 2. The number of amides is 1. The molecule has 26 heavy (non-hydrogen) atoms. The SMILES string of the molecule is Cc1cc(C#N)ccc1N.Cc1cc(C#N)ccc1NC(=O)C(F)(F)F. The molecule has 5 nitrogen and oxygen atoms in total. The number of alkyl halides is 3. The number of carbonyl (C=O) groups excluding carboxylic acids is 1. The zero-order chi connectivity index (χ0) is 19.9. The van der Waals surface area contributed by atoms with Gasteiger partial charge in [-0.1, -0.05) is 0 Å². The second kappa shape index (κ2) is 8.54. The predicted molar refractivity (Wildman–Crippen MR) is 90.9 cm³/mol. The average Bonchev–Trinajstić information content (AvgIpc) is 2.58. The Balaban J connectivity index is 0.000000289. The third-order valence-corrected chi connectivity index (χ3v) is 3.26. The molecule has 0 heterocycles. The molecule has 0 radical (unpaired) electrons. The van der Waals surface area contributed by atoms with Crippen LogP contribution in [-0.4, -0.2) is 12.1 Å². The molecule has 0 bridgehead atoms. The van der Waals surface area contributed by atoms with Crippen LogP contribution >= 0.6 is 0 Å². The summed E-state index contributed by atoms with van der Waals surface area (Å²) >= 11 is 0. The van der Waals surface area contributed by atoms with Crippen molar-refractivity contribution in [3.8, 4) is 12.1 Å². The maximum atomic E-state index is 11.9. The van der Waals surface area contributed by atoms with E-state index in [0.717, 1.165) is 11.3 Å². The summed E-state index contributed by atoms with van der Waals surface area (Å²) in [4.78, 5) is 10.6. The summed E-state index contributed by atoms with van der Waals surface area (Å²) in [7, 11) is 0. The third-order valence-electron chi connectivity index (χ3n) is 3.26. The number of aryl methyl sites for hydroxylation is 2. The Hall–Kier alpha value is -3.52. The highest BCUT2D eigenvalue weighted by molar-refractivity contribution is 5.95. The van der Waals surface area contributed by atoms with Crippen LogP contribution in [0.2, 0.25) is 0 Å². The van der Waals surface area contributed by atoms with Crippen molar-refractivity contribution >= 4 is 17.3 Å². The van der Waals surface area contributed by atoms with Crippen LogP contribution in [0.5, 0.6) is 0 Å². The molecular weight excluding hydrogens is 345 g/mol. The molecule has 0 atom stereocenters. The first-order valence-electron chi connectivity index (χ1n) is 7.23. The molecule has 0 spiro atoms. The van der Waals surface area contributed by atoms with Gasteiger partial charge in [0.05, 0.1) is 23.3 Å². The van der Waals surface area contributed by atoms with Gasteiger partial charge in [-0.15, -0.1) is 0 Å². The van der Waals surface area contributed by atoms with Crippen LogP contribution in [0.25, 0.3) is 0 Å². The first-order valence-corrected chi connectivity index (χ1v) is 7.23. The number of hydrogen-bond acceptors (Lipinski definition) is 4. The Morgan fingerprint density at radius 2 is 1.50 bits per heavy atom. The van der Waals surface area contributed by atoms with Crippen molar-refractivity contribution < 1.29 is 18.0 Å². The van der Waals surface area contributed by atoms with Gasteiger partial charge in [0.25, 0.3) is 0 Å². The van der Waals surface area contributed by atoms with E-state index in [1.165, 1.54) is 25.1 Å². The number of nitrogen functional groups attached to an aromatic ring is 1. The Labute approximate surface area is 148 Å². The molecule has 2 aromatic carbocycles. The van der Waals surface area contributed by atoms with Crippen LogP contribution in [0.1, 0.15) is 22.3 Å². The van der Waals surface area contributed by atoms with Crippen molar-refractivity contribution in [2.75, 3.05) is 11.1 Å². The summed E-state index contributed by atoms with van der Waals surface area (Å²) in [5.41, 5.74) is 8.65. The van der Waals surface area contributed by atoms with Gasteiger partial charge < -0.3 is 11.1 Å². The molecule has 134 valence electrons. The number of nitrogens with two attached hydrogens (primary N) is 1. The monoisotopic (exact) mass is 360 g/mol. The van der Waals surface area contributed by atoms with Gasteiger partial charge >= 0.3 is 12.1 Å². The van der Waals surface area contributed by atoms with E-state index in [1.807, 2.05) is 19.1 Å². The molecule has 0 fully saturated rings. The molecule has 1 amide bonds. The van der Waals surface area contributed by atoms with Crippen molar-refractivity contribution in [3.63, 3.8) is 0 Å². The van der Waals surface area contributed by atoms with E-state index >= 15 is 0 Å². The average molecular weight is 360 g/mol. The van der Waals surface area contributed by atoms with Crippen LogP contribution in [0.3, 0.4) is 0 Å². The van der Waals surface area contributed by atoms with E-state index in [2.05, 4.69) is 0 Å². The van der Waals surface area contributed by atoms with Gasteiger partial charge in [0.2, 0.25) is 0 Å². The van der Waals surface area contributed by atoms with Crippen LogP contribution in [-0.2, 0) is 4.79 Å². The van der Waals surface area contributed by atoms with Crippen molar-refractivity contribution in [3.05, 3.63) is 58.7 Å². The number of halogens is 3. The zero-order valence-corrected chi connectivity index (χ0v) is 14.0. The van der Waals surface area contributed by atoms with Crippen LogP contribution in [0.4, 0.5) is 24.5 Å². The Kier molecular flexibility index (Phi) is 6.74. The highest BCUT2D eigenvalue weighted by Crippen LogP contribution is 2.21. The molecule has 0 saturated heterocycles.